The maximum absolute atomic E-state index is 13.5. The van der Waals surface area contributed by atoms with Crippen molar-refractivity contribution in [3.05, 3.63) is 58.4 Å². The number of anilines is 1. The van der Waals surface area contributed by atoms with Crippen LogP contribution in [0.2, 0.25) is 0 Å². The third kappa shape index (κ3) is 5.21. The zero-order valence-electron chi connectivity index (χ0n) is 19.8. The fraction of sp³-hybridized carbons (Fsp3) is 0.304. The molecule has 0 radical (unpaired) electrons. The van der Waals surface area contributed by atoms with Gasteiger partial charge in [0.25, 0.3) is 11.8 Å². The number of nitriles is 1. The predicted octanol–water partition coefficient (Wildman–Crippen LogP) is 4.54. The third-order valence-electron chi connectivity index (χ3n) is 5.81. The third-order valence-corrected chi connectivity index (χ3v) is 6.96. The molecule has 2 heterocycles. The van der Waals surface area contributed by atoms with Gasteiger partial charge in [0.15, 0.2) is 5.69 Å². The van der Waals surface area contributed by atoms with Crippen LogP contribution in [0.15, 0.2) is 35.2 Å². The minimum atomic E-state index is -4.89. The Morgan fingerprint density at radius 1 is 1.16 bits per heavy atom. The smallest absolute Gasteiger partial charge is 0.416 e. The molecule has 0 aliphatic heterocycles. The molecule has 14 heteroatoms. The number of nitrogens with one attached hydrogen (secondary N) is 2. The molecule has 0 spiro atoms. The number of nitrogens with zero attached hydrogens (tertiary/aromatic N) is 5. The SMILES string of the molecule is Cc1cc(C2(C#N)CC2)nnc1Oc1nnc(C(F)(F)F)c(C)c1C(=O)Nc1cccc(S(C)(=N)=O)c1. The van der Waals surface area contributed by atoms with E-state index in [1.807, 2.05) is 0 Å². The maximum atomic E-state index is 13.5. The maximum Gasteiger partial charge on any atom is 0.435 e. The van der Waals surface area contributed by atoms with Crippen LogP contribution in [0.5, 0.6) is 11.8 Å². The molecule has 1 aromatic carbocycles. The Kier molecular flexibility index (Phi) is 6.37. The minimum absolute atomic E-state index is 0.103. The van der Waals surface area contributed by atoms with E-state index in [-0.39, 0.29) is 16.5 Å². The number of carbonyl (C=O) groups excluding carboxylic acids is 1. The lowest BCUT2D eigenvalue weighted by molar-refractivity contribution is -0.142. The summed E-state index contributed by atoms with van der Waals surface area (Å²) < 4.78 is 66.0. The first kappa shape index (κ1) is 26.0. The summed E-state index contributed by atoms with van der Waals surface area (Å²) in [5.74, 6) is -1.66. The van der Waals surface area contributed by atoms with Crippen LogP contribution in [-0.2, 0) is 21.3 Å². The Labute approximate surface area is 209 Å². The minimum Gasteiger partial charge on any atom is -0.416 e. The van der Waals surface area contributed by atoms with Crippen molar-refractivity contribution in [1.82, 2.24) is 20.4 Å². The second-order valence-corrected chi connectivity index (χ2v) is 10.8. The number of ether oxygens (including phenoxy) is 1. The lowest BCUT2D eigenvalue weighted by atomic mass is 10.0. The molecule has 10 nitrogen and oxygen atoms in total. The van der Waals surface area contributed by atoms with E-state index < -0.39 is 49.9 Å². The van der Waals surface area contributed by atoms with Crippen molar-refractivity contribution in [3.63, 3.8) is 0 Å². The molecule has 1 unspecified atom stereocenters. The van der Waals surface area contributed by atoms with E-state index in [9.17, 15) is 27.4 Å². The van der Waals surface area contributed by atoms with Crippen molar-refractivity contribution in [2.24, 2.45) is 0 Å². The van der Waals surface area contributed by atoms with E-state index in [2.05, 4.69) is 31.8 Å². The van der Waals surface area contributed by atoms with E-state index in [1.54, 1.807) is 13.0 Å². The first-order chi connectivity index (χ1) is 17.2. The largest absolute Gasteiger partial charge is 0.435 e. The Morgan fingerprint density at radius 2 is 1.84 bits per heavy atom. The van der Waals surface area contributed by atoms with Crippen molar-refractivity contribution < 1.29 is 26.9 Å². The van der Waals surface area contributed by atoms with Crippen LogP contribution >= 0.6 is 0 Å². The average Bonchev–Trinajstić information content (AvgIpc) is 3.60. The number of alkyl halides is 3. The molecular formula is C23H20F3N7O3S. The predicted molar refractivity (Wildman–Crippen MR) is 125 cm³/mol. The van der Waals surface area contributed by atoms with Crippen molar-refractivity contribution >= 4 is 21.3 Å². The van der Waals surface area contributed by atoms with Gasteiger partial charge in [0.2, 0.25) is 5.88 Å². The Hall–Kier alpha value is -4.12. The molecule has 1 amide bonds. The van der Waals surface area contributed by atoms with E-state index in [0.29, 0.717) is 24.1 Å². The highest BCUT2D eigenvalue weighted by atomic mass is 32.2. The van der Waals surface area contributed by atoms with Gasteiger partial charge in [0.05, 0.1) is 21.5 Å². The van der Waals surface area contributed by atoms with Crippen molar-refractivity contribution in [3.8, 4) is 17.8 Å². The molecule has 192 valence electrons. The second kappa shape index (κ2) is 9.07. The lowest BCUT2D eigenvalue weighted by Crippen LogP contribution is -2.21. The number of amides is 1. The fourth-order valence-corrected chi connectivity index (χ4v) is 4.26. The van der Waals surface area contributed by atoms with Gasteiger partial charge < -0.3 is 10.1 Å². The second-order valence-electron chi connectivity index (χ2n) is 8.69. The number of rotatable bonds is 6. The number of benzene rings is 1. The molecule has 37 heavy (non-hydrogen) atoms. The summed E-state index contributed by atoms with van der Waals surface area (Å²) in [6, 6.07) is 9.40. The topological polar surface area (TPSA) is 155 Å². The van der Waals surface area contributed by atoms with Crippen LogP contribution in [0.4, 0.5) is 18.9 Å². The summed E-state index contributed by atoms with van der Waals surface area (Å²) in [6.45, 7) is 2.67. The molecule has 1 aliphatic rings. The van der Waals surface area contributed by atoms with Crippen LogP contribution in [0.25, 0.3) is 0 Å². The van der Waals surface area contributed by atoms with Gasteiger partial charge in [-0.2, -0.15) is 23.5 Å². The molecule has 4 rings (SSSR count). The van der Waals surface area contributed by atoms with E-state index in [4.69, 9.17) is 9.52 Å². The van der Waals surface area contributed by atoms with Gasteiger partial charge in [-0.3, -0.25) is 4.79 Å². The summed E-state index contributed by atoms with van der Waals surface area (Å²) in [5, 5.41) is 26.5. The molecular weight excluding hydrogens is 511 g/mol. The van der Waals surface area contributed by atoms with Crippen molar-refractivity contribution in [2.45, 2.75) is 43.2 Å². The summed E-state index contributed by atoms with van der Waals surface area (Å²) in [5.41, 5.74) is -2.17. The van der Waals surface area contributed by atoms with E-state index in [0.717, 1.165) is 6.92 Å². The van der Waals surface area contributed by atoms with E-state index in [1.165, 1.54) is 30.5 Å². The van der Waals surface area contributed by atoms with Crippen LogP contribution in [0.3, 0.4) is 0 Å². The molecule has 1 fully saturated rings. The highest BCUT2D eigenvalue weighted by Crippen LogP contribution is 2.47. The highest BCUT2D eigenvalue weighted by Gasteiger charge is 2.47. The zero-order chi connectivity index (χ0) is 27.2. The van der Waals surface area contributed by atoms with Crippen LogP contribution < -0.4 is 10.1 Å². The molecule has 0 bridgehead atoms. The summed E-state index contributed by atoms with van der Waals surface area (Å²) >= 11 is 0. The summed E-state index contributed by atoms with van der Waals surface area (Å²) in [4.78, 5) is 13.3. The quantitative estimate of drug-likeness (QED) is 0.470. The average molecular weight is 532 g/mol. The lowest BCUT2D eigenvalue weighted by Gasteiger charge is -2.16. The van der Waals surface area contributed by atoms with Gasteiger partial charge in [-0.05, 0) is 56.5 Å². The summed E-state index contributed by atoms with van der Waals surface area (Å²) in [7, 11) is -3.11. The van der Waals surface area contributed by atoms with Crippen molar-refractivity contribution in [2.75, 3.05) is 11.6 Å². The number of hydrogen-bond acceptors (Lipinski definition) is 9. The molecule has 3 aromatic rings. The Morgan fingerprint density at radius 3 is 2.41 bits per heavy atom. The first-order valence-corrected chi connectivity index (χ1v) is 12.8. The van der Waals surface area contributed by atoms with Gasteiger partial charge in [0.1, 0.15) is 11.0 Å². The number of halogens is 3. The Bertz CT molecular complexity index is 1560. The molecule has 1 atom stereocenters. The van der Waals surface area contributed by atoms with Gasteiger partial charge >= 0.3 is 6.18 Å². The molecule has 1 saturated carbocycles. The standard InChI is InChI=1S/C23H20F3N7O3S/c1-12-9-16(22(11-27)7-8-22)30-32-20(12)36-21-17(13(2)18(31-33-21)23(24,25)26)19(34)29-14-5-4-6-15(10-14)37(3,28)35/h4-6,9-10,28H,7-8H2,1-3H3,(H,29,34). The van der Waals surface area contributed by atoms with Crippen LogP contribution in [0.1, 0.15) is 45.7 Å². The molecule has 0 saturated heterocycles. The number of aromatic nitrogens is 4. The monoisotopic (exact) mass is 531 g/mol. The number of aryl methyl sites for hydroxylation is 1. The molecule has 2 aromatic heterocycles. The normalized spacial score (nSPS) is 15.8. The van der Waals surface area contributed by atoms with Gasteiger partial charge in [-0.25, -0.2) is 8.99 Å². The summed E-state index contributed by atoms with van der Waals surface area (Å²) in [6.07, 6.45) is -2.42. The molecule has 2 N–H and O–H groups in total. The van der Waals surface area contributed by atoms with Gasteiger partial charge in [0, 0.05) is 22.4 Å². The van der Waals surface area contributed by atoms with Crippen LogP contribution in [-0.4, -0.2) is 36.8 Å². The fourth-order valence-electron chi connectivity index (χ4n) is 3.57. The highest BCUT2D eigenvalue weighted by molar-refractivity contribution is 7.91. The number of hydrogen-bond donors (Lipinski definition) is 2. The number of carbonyl (C=O) groups is 1. The zero-order valence-corrected chi connectivity index (χ0v) is 20.6. The van der Waals surface area contributed by atoms with Gasteiger partial charge in [-0.1, -0.05) is 6.07 Å². The first-order valence-electron chi connectivity index (χ1n) is 10.8. The van der Waals surface area contributed by atoms with E-state index >= 15 is 0 Å². The Balaban J connectivity index is 1.74. The van der Waals surface area contributed by atoms with Crippen molar-refractivity contribution in [1.29, 1.82) is 10.0 Å². The van der Waals surface area contributed by atoms with Crippen LogP contribution in [0, 0.1) is 30.0 Å². The molecule has 1 aliphatic carbocycles. The van der Waals surface area contributed by atoms with Gasteiger partial charge in [-0.15, -0.1) is 15.3 Å².